The highest BCUT2D eigenvalue weighted by Crippen LogP contribution is 2.03. The quantitative estimate of drug-likeness (QED) is 0.646. The molecule has 2 amide bonds. The van der Waals surface area contributed by atoms with Gasteiger partial charge in [0.2, 0.25) is 0 Å². The lowest BCUT2D eigenvalue weighted by Gasteiger charge is -2.32. The molecule has 0 unspecified atom stereocenters. The monoisotopic (exact) mass is 228 g/mol. The average Bonchev–Trinajstić information content (AvgIpc) is 2.35. The zero-order chi connectivity index (χ0) is 11.8. The van der Waals surface area contributed by atoms with Crippen LogP contribution in [0, 0.1) is 0 Å². The van der Waals surface area contributed by atoms with Gasteiger partial charge in [0.1, 0.15) is 0 Å². The van der Waals surface area contributed by atoms with Gasteiger partial charge in [-0.05, 0) is 0 Å². The van der Waals surface area contributed by atoms with E-state index in [1.807, 2.05) is 4.90 Å². The second-order valence-electron chi connectivity index (χ2n) is 3.61. The third-order valence-corrected chi connectivity index (χ3v) is 2.47. The van der Waals surface area contributed by atoms with E-state index in [-0.39, 0.29) is 6.03 Å². The molecule has 0 aromatic heterocycles. The van der Waals surface area contributed by atoms with Gasteiger partial charge < -0.3 is 19.3 Å². The Morgan fingerprint density at radius 3 is 2.81 bits per heavy atom. The highest BCUT2D eigenvalue weighted by molar-refractivity contribution is 5.74. The van der Waals surface area contributed by atoms with E-state index in [1.165, 1.54) is 0 Å². The lowest BCUT2D eigenvalue weighted by Crippen LogP contribution is -2.49. The molecule has 1 aliphatic rings. The zero-order valence-electron chi connectivity index (χ0n) is 9.85. The summed E-state index contributed by atoms with van der Waals surface area (Å²) < 4.78 is 10.2. The Bertz CT molecular complexity index is 227. The summed E-state index contributed by atoms with van der Waals surface area (Å²) in [5.74, 6) is 0. The van der Waals surface area contributed by atoms with Gasteiger partial charge in [0.05, 0.1) is 19.8 Å². The zero-order valence-corrected chi connectivity index (χ0v) is 9.85. The molecule has 16 heavy (non-hydrogen) atoms. The maximum Gasteiger partial charge on any atom is 0.320 e. The SMILES string of the molecule is C=CCN(CCOC)C(=O)N1CCOCC1. The molecular formula is C11H20N2O3. The van der Waals surface area contributed by atoms with Crippen LogP contribution in [-0.4, -0.2) is 68.9 Å². The molecule has 1 heterocycles. The predicted octanol–water partition coefficient (Wildman–Crippen LogP) is 0.573. The minimum absolute atomic E-state index is 0.0419. The topological polar surface area (TPSA) is 42.0 Å². The first kappa shape index (κ1) is 13.0. The summed E-state index contributed by atoms with van der Waals surface area (Å²) in [4.78, 5) is 15.6. The molecule has 0 spiro atoms. The van der Waals surface area contributed by atoms with Gasteiger partial charge in [-0.1, -0.05) is 6.08 Å². The Morgan fingerprint density at radius 1 is 1.56 bits per heavy atom. The number of ether oxygens (including phenoxy) is 2. The van der Waals surface area contributed by atoms with Crippen LogP contribution in [0.4, 0.5) is 4.79 Å². The highest BCUT2D eigenvalue weighted by Gasteiger charge is 2.21. The van der Waals surface area contributed by atoms with Crippen LogP contribution in [0.3, 0.4) is 0 Å². The molecule has 0 saturated carbocycles. The van der Waals surface area contributed by atoms with Crippen LogP contribution in [-0.2, 0) is 9.47 Å². The molecule has 0 radical (unpaired) electrons. The number of carbonyl (C=O) groups is 1. The van der Waals surface area contributed by atoms with Crippen LogP contribution >= 0.6 is 0 Å². The summed E-state index contributed by atoms with van der Waals surface area (Å²) in [6, 6.07) is 0.0419. The Hall–Kier alpha value is -1.07. The first-order chi connectivity index (χ1) is 7.79. The molecule has 1 aliphatic heterocycles. The van der Waals surface area contributed by atoms with E-state index in [9.17, 15) is 4.79 Å². The lowest BCUT2D eigenvalue weighted by molar-refractivity contribution is 0.0420. The number of urea groups is 1. The van der Waals surface area contributed by atoms with Gasteiger partial charge in [-0.3, -0.25) is 0 Å². The van der Waals surface area contributed by atoms with Crippen LogP contribution in [0.25, 0.3) is 0 Å². The van der Waals surface area contributed by atoms with Crippen LogP contribution in [0.1, 0.15) is 0 Å². The number of methoxy groups -OCH3 is 1. The number of morpholine rings is 1. The van der Waals surface area contributed by atoms with Gasteiger partial charge in [0.15, 0.2) is 0 Å². The smallest absolute Gasteiger partial charge is 0.320 e. The van der Waals surface area contributed by atoms with Crippen molar-refractivity contribution in [2.24, 2.45) is 0 Å². The third kappa shape index (κ3) is 3.83. The molecule has 1 fully saturated rings. The molecule has 1 rings (SSSR count). The molecule has 0 aromatic rings. The van der Waals surface area contributed by atoms with Gasteiger partial charge in [0, 0.05) is 33.3 Å². The van der Waals surface area contributed by atoms with Crippen molar-refractivity contribution < 1.29 is 14.3 Å². The second kappa shape index (κ2) is 7.24. The Labute approximate surface area is 96.6 Å². The van der Waals surface area contributed by atoms with E-state index >= 15 is 0 Å². The summed E-state index contributed by atoms with van der Waals surface area (Å²) in [6.45, 7) is 7.93. The fourth-order valence-electron chi connectivity index (χ4n) is 1.58. The molecule has 0 aromatic carbocycles. The van der Waals surface area contributed by atoms with Crippen molar-refractivity contribution in [3.63, 3.8) is 0 Å². The molecule has 1 saturated heterocycles. The molecule has 0 atom stereocenters. The van der Waals surface area contributed by atoms with Crippen LogP contribution in [0.15, 0.2) is 12.7 Å². The maximum absolute atomic E-state index is 12.1. The molecule has 5 nitrogen and oxygen atoms in total. The fraction of sp³-hybridized carbons (Fsp3) is 0.727. The van der Waals surface area contributed by atoms with E-state index in [0.29, 0.717) is 46.0 Å². The summed E-state index contributed by atoms with van der Waals surface area (Å²) in [7, 11) is 1.63. The largest absolute Gasteiger partial charge is 0.383 e. The standard InChI is InChI=1S/C11H20N2O3/c1-3-4-12(5-8-15-2)11(14)13-6-9-16-10-7-13/h3H,1,4-10H2,2H3. The Balaban J connectivity index is 2.47. The minimum atomic E-state index is 0.0419. The van der Waals surface area contributed by atoms with Crippen molar-refractivity contribution in [2.75, 3.05) is 53.1 Å². The van der Waals surface area contributed by atoms with Crippen molar-refractivity contribution in [1.29, 1.82) is 0 Å². The Morgan fingerprint density at radius 2 is 2.25 bits per heavy atom. The van der Waals surface area contributed by atoms with Crippen molar-refractivity contribution in [3.05, 3.63) is 12.7 Å². The van der Waals surface area contributed by atoms with Gasteiger partial charge in [0.25, 0.3) is 0 Å². The maximum atomic E-state index is 12.1. The van der Waals surface area contributed by atoms with E-state index < -0.39 is 0 Å². The first-order valence-corrected chi connectivity index (χ1v) is 5.51. The number of nitrogens with zero attached hydrogens (tertiary/aromatic N) is 2. The summed E-state index contributed by atoms with van der Waals surface area (Å²) in [5.41, 5.74) is 0. The number of rotatable bonds is 5. The van der Waals surface area contributed by atoms with Gasteiger partial charge in [-0.2, -0.15) is 0 Å². The number of amides is 2. The highest BCUT2D eigenvalue weighted by atomic mass is 16.5. The lowest BCUT2D eigenvalue weighted by atomic mass is 10.4. The predicted molar refractivity (Wildman–Crippen MR) is 61.4 cm³/mol. The fourth-order valence-corrected chi connectivity index (χ4v) is 1.58. The normalized spacial score (nSPS) is 15.9. The molecule has 0 aliphatic carbocycles. The molecule has 92 valence electrons. The number of hydrogen-bond acceptors (Lipinski definition) is 3. The van der Waals surface area contributed by atoms with Gasteiger partial charge in [-0.25, -0.2) is 4.79 Å². The van der Waals surface area contributed by atoms with Crippen molar-refractivity contribution in [1.82, 2.24) is 9.80 Å². The van der Waals surface area contributed by atoms with Crippen molar-refractivity contribution in [3.8, 4) is 0 Å². The van der Waals surface area contributed by atoms with Crippen molar-refractivity contribution >= 4 is 6.03 Å². The Kier molecular flexibility index (Phi) is 5.88. The van der Waals surface area contributed by atoms with E-state index in [2.05, 4.69) is 6.58 Å². The van der Waals surface area contributed by atoms with Crippen LogP contribution in [0.5, 0.6) is 0 Å². The van der Waals surface area contributed by atoms with Crippen LogP contribution in [0.2, 0.25) is 0 Å². The summed E-state index contributed by atoms with van der Waals surface area (Å²) in [5, 5.41) is 0. The van der Waals surface area contributed by atoms with E-state index in [4.69, 9.17) is 9.47 Å². The summed E-state index contributed by atoms with van der Waals surface area (Å²) in [6.07, 6.45) is 1.73. The first-order valence-electron chi connectivity index (χ1n) is 5.51. The van der Waals surface area contributed by atoms with E-state index in [0.717, 1.165) is 0 Å². The molecule has 0 N–H and O–H groups in total. The van der Waals surface area contributed by atoms with Crippen LogP contribution < -0.4 is 0 Å². The average molecular weight is 228 g/mol. The number of hydrogen-bond donors (Lipinski definition) is 0. The molecule has 0 bridgehead atoms. The number of carbonyl (C=O) groups excluding carboxylic acids is 1. The van der Waals surface area contributed by atoms with Gasteiger partial charge in [-0.15, -0.1) is 6.58 Å². The minimum Gasteiger partial charge on any atom is -0.383 e. The molecule has 5 heteroatoms. The molecular weight excluding hydrogens is 208 g/mol. The van der Waals surface area contributed by atoms with Gasteiger partial charge >= 0.3 is 6.03 Å². The second-order valence-corrected chi connectivity index (χ2v) is 3.61. The third-order valence-electron chi connectivity index (χ3n) is 2.47. The summed E-state index contributed by atoms with van der Waals surface area (Å²) >= 11 is 0. The van der Waals surface area contributed by atoms with Crippen molar-refractivity contribution in [2.45, 2.75) is 0 Å². The van der Waals surface area contributed by atoms with E-state index in [1.54, 1.807) is 18.1 Å².